The average molecular weight is 602 g/mol. The molecule has 44 heavy (non-hydrogen) atoms. The van der Waals surface area contributed by atoms with Crippen LogP contribution >= 0.6 is 0 Å². The van der Waals surface area contributed by atoms with Crippen LogP contribution in [-0.4, -0.2) is 61.3 Å². The van der Waals surface area contributed by atoms with E-state index in [1.807, 2.05) is 6.07 Å². The molecule has 0 aromatic heterocycles. The van der Waals surface area contributed by atoms with Gasteiger partial charge in [0.15, 0.2) is 0 Å². The van der Waals surface area contributed by atoms with Crippen LogP contribution in [0.5, 0.6) is 0 Å². The molecule has 9 atom stereocenters. The summed E-state index contributed by atoms with van der Waals surface area (Å²) in [6.45, 7) is 14.5. The Labute approximate surface area is 265 Å². The second-order valence-corrected chi connectivity index (χ2v) is 15.5. The minimum atomic E-state index is -0.0374. The van der Waals surface area contributed by atoms with Gasteiger partial charge in [-0.3, -0.25) is 9.69 Å². The van der Waals surface area contributed by atoms with E-state index >= 15 is 0 Å². The largest absolute Gasteiger partial charge is 0.378 e. The normalized spacial score (nSPS) is 38.9. The molecule has 2 saturated heterocycles. The molecule has 4 aliphatic carbocycles. The number of ketones is 1. The molecule has 6 aliphatic rings. The number of hydrogen-bond donors (Lipinski definition) is 0. The Hall–Kier alpha value is -1.79. The minimum absolute atomic E-state index is 0.0374. The van der Waals surface area contributed by atoms with Gasteiger partial charge >= 0.3 is 0 Å². The van der Waals surface area contributed by atoms with Crippen molar-refractivity contribution in [2.24, 2.45) is 35.5 Å². The van der Waals surface area contributed by atoms with Gasteiger partial charge in [0, 0.05) is 37.9 Å². The molecule has 2 heterocycles. The van der Waals surface area contributed by atoms with E-state index in [9.17, 15) is 4.79 Å². The fraction of sp³-hybridized carbons (Fsp3) is 0.718. The first-order valence-corrected chi connectivity index (χ1v) is 17.9. The van der Waals surface area contributed by atoms with Gasteiger partial charge in [0.05, 0.1) is 38.1 Å². The zero-order chi connectivity index (χ0) is 30.4. The lowest BCUT2D eigenvalue weighted by Gasteiger charge is -2.42. The summed E-state index contributed by atoms with van der Waals surface area (Å²) in [6, 6.07) is 10.8. The average Bonchev–Trinajstić information content (AvgIpc) is 3.45. The SMILES string of the molecule is CC1=C2C[C@@H]3C4=C(CC[C@H]3[C@@H]2CC[C@@]2(C1)O[C@@H]1C[C@H](C)CN(CCOCCOCc3ccccc3)[C@H]1[C@H]2C)CC(=O)C[C@H]4C. The third-order valence-corrected chi connectivity index (χ3v) is 12.7. The van der Waals surface area contributed by atoms with Crippen LogP contribution in [0.2, 0.25) is 0 Å². The third kappa shape index (κ3) is 5.80. The number of fused-ring (bicyclic) bond motifs is 5. The summed E-state index contributed by atoms with van der Waals surface area (Å²) in [7, 11) is 0. The molecule has 3 fully saturated rings. The van der Waals surface area contributed by atoms with Crippen molar-refractivity contribution in [1.82, 2.24) is 4.90 Å². The quantitative estimate of drug-likeness (QED) is 0.228. The maximum atomic E-state index is 12.4. The lowest BCUT2D eigenvalue weighted by molar-refractivity contribution is -0.119. The molecule has 0 N–H and O–H groups in total. The van der Waals surface area contributed by atoms with Crippen molar-refractivity contribution < 1.29 is 19.0 Å². The molecule has 1 aromatic rings. The highest BCUT2D eigenvalue weighted by molar-refractivity contribution is 5.83. The smallest absolute Gasteiger partial charge is 0.137 e. The maximum absolute atomic E-state index is 12.4. The molecule has 1 aromatic carbocycles. The summed E-state index contributed by atoms with van der Waals surface area (Å²) in [6.07, 6.45) is 10.3. The highest BCUT2D eigenvalue weighted by Crippen LogP contribution is 2.60. The van der Waals surface area contributed by atoms with Crippen LogP contribution < -0.4 is 0 Å². The number of ether oxygens (including phenoxy) is 3. The minimum Gasteiger partial charge on any atom is -0.378 e. The van der Waals surface area contributed by atoms with E-state index in [0.29, 0.717) is 67.3 Å². The summed E-state index contributed by atoms with van der Waals surface area (Å²) in [5.74, 6) is 4.26. The molecule has 0 amide bonds. The standard InChI is InChI=1S/C39H55NO4/c1-25-18-36-38(40(23-25)14-15-42-16-17-43-24-29-8-6-5-7-9-29)28(4)39(44-36)13-12-33-32-11-10-30-20-31(41)19-26(2)37(30)35(32)21-34(33)27(3)22-39/h5-9,25-26,28,32-33,35-36,38H,10-24H2,1-4H3/t25-,26+,28+,32-,33-,35-,36+,38-,39-/m0/s1. The van der Waals surface area contributed by atoms with Crippen LogP contribution in [0.25, 0.3) is 0 Å². The summed E-state index contributed by atoms with van der Waals surface area (Å²) >= 11 is 0. The lowest BCUT2D eigenvalue weighted by atomic mass is 9.66. The zero-order valence-electron chi connectivity index (χ0n) is 27.7. The number of allylic oxidation sites excluding steroid dienone is 3. The van der Waals surface area contributed by atoms with Crippen LogP contribution in [0.3, 0.4) is 0 Å². The van der Waals surface area contributed by atoms with E-state index in [2.05, 4.69) is 56.9 Å². The Balaban J connectivity index is 0.986. The van der Waals surface area contributed by atoms with Gasteiger partial charge < -0.3 is 14.2 Å². The molecule has 0 unspecified atom stereocenters. The summed E-state index contributed by atoms with van der Waals surface area (Å²) in [4.78, 5) is 15.1. The van der Waals surface area contributed by atoms with E-state index in [-0.39, 0.29) is 5.60 Å². The van der Waals surface area contributed by atoms with Crippen LogP contribution in [-0.2, 0) is 25.6 Å². The Morgan fingerprint density at radius 2 is 1.82 bits per heavy atom. The Morgan fingerprint density at radius 1 is 1.00 bits per heavy atom. The first-order valence-electron chi connectivity index (χ1n) is 17.9. The zero-order valence-corrected chi connectivity index (χ0v) is 27.7. The van der Waals surface area contributed by atoms with Crippen LogP contribution in [0.1, 0.15) is 91.0 Å². The van der Waals surface area contributed by atoms with Gasteiger partial charge in [-0.1, -0.05) is 73.4 Å². The molecule has 0 radical (unpaired) electrons. The van der Waals surface area contributed by atoms with Crippen molar-refractivity contribution >= 4 is 5.78 Å². The molecule has 1 saturated carbocycles. The van der Waals surface area contributed by atoms with Crippen molar-refractivity contribution in [1.29, 1.82) is 0 Å². The second-order valence-electron chi connectivity index (χ2n) is 15.5. The Kier molecular flexibility index (Phi) is 8.96. The molecule has 2 aliphatic heterocycles. The number of hydrogen-bond acceptors (Lipinski definition) is 5. The molecule has 5 nitrogen and oxygen atoms in total. The predicted octanol–water partition coefficient (Wildman–Crippen LogP) is 7.55. The van der Waals surface area contributed by atoms with Gasteiger partial charge in [0.2, 0.25) is 0 Å². The van der Waals surface area contributed by atoms with Crippen molar-refractivity contribution in [3.05, 3.63) is 58.2 Å². The van der Waals surface area contributed by atoms with Gasteiger partial charge in [-0.15, -0.1) is 0 Å². The highest BCUT2D eigenvalue weighted by atomic mass is 16.5. The van der Waals surface area contributed by atoms with Gasteiger partial charge in [-0.2, -0.15) is 0 Å². The first-order chi connectivity index (χ1) is 21.3. The Bertz CT molecular complexity index is 1270. The number of benzene rings is 1. The maximum Gasteiger partial charge on any atom is 0.137 e. The number of piperidine rings is 1. The first kappa shape index (κ1) is 30.8. The Morgan fingerprint density at radius 3 is 2.66 bits per heavy atom. The second kappa shape index (κ2) is 12.8. The van der Waals surface area contributed by atoms with Gasteiger partial charge in [0.1, 0.15) is 5.78 Å². The number of carbonyl (C=O) groups excluding carboxylic acids is 1. The topological polar surface area (TPSA) is 48.0 Å². The molecular weight excluding hydrogens is 546 g/mol. The predicted molar refractivity (Wildman–Crippen MR) is 174 cm³/mol. The van der Waals surface area contributed by atoms with E-state index < -0.39 is 0 Å². The molecule has 0 bridgehead atoms. The van der Waals surface area contributed by atoms with Crippen LogP contribution in [0, 0.1) is 35.5 Å². The number of Topliss-reactive ketones (excluding diaryl/α,β-unsaturated/α-hetero) is 1. The van der Waals surface area contributed by atoms with E-state index in [0.717, 1.165) is 51.3 Å². The van der Waals surface area contributed by atoms with Gasteiger partial charge in [-0.05, 0) is 87.0 Å². The molecule has 240 valence electrons. The van der Waals surface area contributed by atoms with Crippen LogP contribution in [0.15, 0.2) is 52.6 Å². The van der Waals surface area contributed by atoms with Crippen molar-refractivity contribution in [3.63, 3.8) is 0 Å². The fourth-order valence-corrected chi connectivity index (χ4v) is 10.9. The van der Waals surface area contributed by atoms with E-state index in [4.69, 9.17) is 14.2 Å². The fourth-order valence-electron chi connectivity index (χ4n) is 10.9. The number of carbonyl (C=O) groups is 1. The number of rotatable bonds is 8. The van der Waals surface area contributed by atoms with E-state index in [1.54, 1.807) is 16.7 Å². The molecule has 1 spiro atoms. The van der Waals surface area contributed by atoms with Gasteiger partial charge in [0.25, 0.3) is 0 Å². The third-order valence-electron chi connectivity index (χ3n) is 12.7. The molecule has 7 rings (SSSR count). The van der Waals surface area contributed by atoms with Crippen molar-refractivity contribution in [2.75, 3.05) is 32.9 Å². The monoisotopic (exact) mass is 601 g/mol. The highest BCUT2D eigenvalue weighted by Gasteiger charge is 2.58. The van der Waals surface area contributed by atoms with E-state index in [1.165, 1.54) is 43.2 Å². The molecule has 5 heteroatoms. The van der Waals surface area contributed by atoms with Crippen molar-refractivity contribution in [3.8, 4) is 0 Å². The number of likely N-dealkylation sites (tertiary alicyclic amines) is 1. The number of nitrogens with zero attached hydrogens (tertiary/aromatic N) is 1. The summed E-state index contributed by atoms with van der Waals surface area (Å²) in [5.41, 5.74) is 7.80. The summed E-state index contributed by atoms with van der Waals surface area (Å²) < 4.78 is 19.2. The summed E-state index contributed by atoms with van der Waals surface area (Å²) in [5, 5.41) is 0. The lowest BCUT2D eigenvalue weighted by Crippen LogP contribution is -2.52. The van der Waals surface area contributed by atoms with Crippen LogP contribution in [0.4, 0.5) is 0 Å². The van der Waals surface area contributed by atoms with Crippen molar-refractivity contribution in [2.45, 2.75) is 110 Å². The molecular formula is C39H55NO4. The van der Waals surface area contributed by atoms with Gasteiger partial charge in [-0.25, -0.2) is 0 Å².